The van der Waals surface area contributed by atoms with E-state index < -0.39 is 0 Å². The lowest BCUT2D eigenvalue weighted by Crippen LogP contribution is -2.38. The van der Waals surface area contributed by atoms with Crippen LogP contribution in [0.2, 0.25) is 0 Å². The summed E-state index contributed by atoms with van der Waals surface area (Å²) >= 11 is 0. The third kappa shape index (κ3) is 1.95. The van der Waals surface area contributed by atoms with Crippen LogP contribution in [0.3, 0.4) is 0 Å². The molecule has 0 amide bonds. The number of nitrogens with zero attached hydrogens (tertiary/aromatic N) is 1. The van der Waals surface area contributed by atoms with Gasteiger partial charge in [-0.1, -0.05) is 19.3 Å². The third-order valence-corrected chi connectivity index (χ3v) is 2.93. The van der Waals surface area contributed by atoms with Gasteiger partial charge in [0.2, 0.25) is 0 Å². The van der Waals surface area contributed by atoms with Gasteiger partial charge in [-0.3, -0.25) is 14.3 Å². The van der Waals surface area contributed by atoms with Gasteiger partial charge in [-0.25, -0.2) is 4.79 Å². The van der Waals surface area contributed by atoms with Crippen molar-refractivity contribution in [3.8, 4) is 0 Å². The molecule has 1 saturated carbocycles. The van der Waals surface area contributed by atoms with Gasteiger partial charge < -0.3 is 5.73 Å². The van der Waals surface area contributed by atoms with E-state index in [9.17, 15) is 9.59 Å². The number of nitrogen functional groups attached to an aromatic ring is 1. The summed E-state index contributed by atoms with van der Waals surface area (Å²) < 4.78 is 1.30. The van der Waals surface area contributed by atoms with Crippen LogP contribution in [0.5, 0.6) is 0 Å². The number of rotatable bonds is 1. The van der Waals surface area contributed by atoms with Crippen LogP contribution in [-0.2, 0) is 0 Å². The molecule has 5 nitrogen and oxygen atoms in total. The van der Waals surface area contributed by atoms with Crippen molar-refractivity contribution in [2.45, 2.75) is 38.1 Å². The highest BCUT2D eigenvalue weighted by Gasteiger charge is 2.18. The Balaban J connectivity index is 2.43. The molecular weight excluding hydrogens is 194 g/mol. The number of aromatic amines is 1. The minimum Gasteiger partial charge on any atom is -0.385 e. The van der Waals surface area contributed by atoms with Crippen molar-refractivity contribution in [1.29, 1.82) is 0 Å². The number of anilines is 1. The molecule has 1 aromatic rings. The van der Waals surface area contributed by atoms with E-state index in [1.54, 1.807) is 0 Å². The Morgan fingerprint density at radius 3 is 2.53 bits per heavy atom. The van der Waals surface area contributed by atoms with Crippen molar-refractivity contribution in [3.63, 3.8) is 0 Å². The van der Waals surface area contributed by atoms with Gasteiger partial charge in [0, 0.05) is 12.1 Å². The first kappa shape index (κ1) is 10.0. The molecule has 82 valence electrons. The molecule has 2 rings (SSSR count). The third-order valence-electron chi connectivity index (χ3n) is 2.93. The summed E-state index contributed by atoms with van der Waals surface area (Å²) in [5, 5.41) is 0. The molecule has 0 bridgehead atoms. The van der Waals surface area contributed by atoms with Gasteiger partial charge in [-0.2, -0.15) is 0 Å². The Labute approximate surface area is 86.9 Å². The molecular formula is C10H15N3O2. The van der Waals surface area contributed by atoms with Crippen LogP contribution in [0.4, 0.5) is 5.82 Å². The van der Waals surface area contributed by atoms with Crippen molar-refractivity contribution >= 4 is 5.82 Å². The monoisotopic (exact) mass is 209 g/mol. The van der Waals surface area contributed by atoms with Crippen molar-refractivity contribution < 1.29 is 0 Å². The minimum atomic E-state index is -0.382. The van der Waals surface area contributed by atoms with Crippen LogP contribution in [0, 0.1) is 0 Å². The molecule has 3 N–H and O–H groups in total. The first-order chi connectivity index (χ1) is 7.18. The summed E-state index contributed by atoms with van der Waals surface area (Å²) in [7, 11) is 0. The van der Waals surface area contributed by atoms with Gasteiger partial charge >= 0.3 is 5.69 Å². The van der Waals surface area contributed by atoms with E-state index >= 15 is 0 Å². The Kier molecular flexibility index (Phi) is 2.62. The highest BCUT2D eigenvalue weighted by atomic mass is 16.2. The second kappa shape index (κ2) is 3.92. The van der Waals surface area contributed by atoms with Crippen LogP contribution in [0.1, 0.15) is 38.1 Å². The predicted octanol–water partition coefficient (Wildman–Crippen LogP) is 0.624. The maximum atomic E-state index is 11.6. The molecule has 0 atom stereocenters. The second-order valence-electron chi connectivity index (χ2n) is 4.03. The SMILES string of the molecule is Nc1cc(=O)n(C2CCCCC2)c(=O)[nH]1. The number of aromatic nitrogens is 2. The Hall–Kier alpha value is -1.52. The van der Waals surface area contributed by atoms with Crippen LogP contribution < -0.4 is 17.0 Å². The highest BCUT2D eigenvalue weighted by Crippen LogP contribution is 2.25. The summed E-state index contributed by atoms with van der Waals surface area (Å²) in [6.07, 6.45) is 5.18. The number of hydrogen-bond donors (Lipinski definition) is 2. The fraction of sp³-hybridized carbons (Fsp3) is 0.600. The first-order valence-corrected chi connectivity index (χ1v) is 5.30. The smallest absolute Gasteiger partial charge is 0.330 e. The molecule has 0 saturated heterocycles. The van der Waals surface area contributed by atoms with Crippen molar-refractivity contribution in [2.24, 2.45) is 0 Å². The second-order valence-corrected chi connectivity index (χ2v) is 4.03. The molecule has 0 aliphatic heterocycles. The topological polar surface area (TPSA) is 80.9 Å². The fourth-order valence-corrected chi connectivity index (χ4v) is 2.21. The molecule has 0 aromatic carbocycles. The number of H-pyrrole nitrogens is 1. The normalized spacial score (nSPS) is 17.9. The molecule has 5 heteroatoms. The summed E-state index contributed by atoms with van der Waals surface area (Å²) in [6, 6.07) is 1.33. The maximum absolute atomic E-state index is 11.6. The van der Waals surface area contributed by atoms with E-state index in [0.29, 0.717) is 0 Å². The lowest BCUT2D eigenvalue weighted by Gasteiger charge is -2.22. The van der Waals surface area contributed by atoms with Crippen molar-refractivity contribution in [2.75, 3.05) is 5.73 Å². The average Bonchev–Trinajstić information content (AvgIpc) is 2.17. The Bertz CT molecular complexity index is 423. The molecule has 1 aliphatic rings. The first-order valence-electron chi connectivity index (χ1n) is 5.30. The van der Waals surface area contributed by atoms with Gasteiger partial charge in [0.25, 0.3) is 5.56 Å². The van der Waals surface area contributed by atoms with E-state index in [0.717, 1.165) is 25.7 Å². The van der Waals surface area contributed by atoms with Gasteiger partial charge in [-0.15, -0.1) is 0 Å². The molecule has 1 fully saturated rings. The van der Waals surface area contributed by atoms with Crippen LogP contribution in [-0.4, -0.2) is 9.55 Å². The summed E-state index contributed by atoms with van der Waals surface area (Å²) in [4.78, 5) is 25.7. The Morgan fingerprint density at radius 1 is 1.27 bits per heavy atom. The fourth-order valence-electron chi connectivity index (χ4n) is 2.21. The van der Waals surface area contributed by atoms with Crippen molar-refractivity contribution in [1.82, 2.24) is 9.55 Å². The quantitative estimate of drug-likeness (QED) is 0.711. The maximum Gasteiger partial charge on any atom is 0.330 e. The summed E-state index contributed by atoms with van der Waals surface area (Å²) in [6.45, 7) is 0. The van der Waals surface area contributed by atoms with Gasteiger partial charge in [0.05, 0.1) is 0 Å². The average molecular weight is 209 g/mol. The van der Waals surface area contributed by atoms with E-state index in [1.165, 1.54) is 17.1 Å². The largest absolute Gasteiger partial charge is 0.385 e. The van der Waals surface area contributed by atoms with Gasteiger partial charge in [-0.05, 0) is 12.8 Å². The standard InChI is InChI=1S/C10H15N3O2/c11-8-6-9(14)13(10(15)12-8)7-4-2-1-3-5-7/h6-7H,1-5,11H2,(H,12,15). The minimum absolute atomic E-state index is 0.0515. The molecule has 0 unspecified atom stereocenters. The van der Waals surface area contributed by atoms with E-state index in [1.807, 2.05) is 0 Å². The van der Waals surface area contributed by atoms with Crippen LogP contribution >= 0.6 is 0 Å². The Morgan fingerprint density at radius 2 is 1.93 bits per heavy atom. The zero-order chi connectivity index (χ0) is 10.8. The van der Waals surface area contributed by atoms with E-state index in [4.69, 9.17) is 5.73 Å². The zero-order valence-corrected chi connectivity index (χ0v) is 8.53. The zero-order valence-electron chi connectivity index (χ0n) is 8.53. The molecule has 15 heavy (non-hydrogen) atoms. The molecule has 0 spiro atoms. The lowest BCUT2D eigenvalue weighted by atomic mass is 9.95. The predicted molar refractivity (Wildman–Crippen MR) is 57.9 cm³/mol. The van der Waals surface area contributed by atoms with Crippen LogP contribution in [0.15, 0.2) is 15.7 Å². The van der Waals surface area contributed by atoms with Crippen molar-refractivity contribution in [3.05, 3.63) is 26.9 Å². The number of nitrogens with two attached hydrogens (primary N) is 1. The van der Waals surface area contributed by atoms with E-state index in [2.05, 4.69) is 4.98 Å². The molecule has 0 radical (unpaired) electrons. The number of nitrogens with one attached hydrogen (secondary N) is 1. The highest BCUT2D eigenvalue weighted by molar-refractivity contribution is 5.23. The van der Waals surface area contributed by atoms with Gasteiger partial charge in [0.1, 0.15) is 5.82 Å². The molecule has 1 heterocycles. The molecule has 1 aliphatic carbocycles. The summed E-state index contributed by atoms with van der Waals surface area (Å²) in [5.41, 5.74) is 4.72. The molecule has 1 aromatic heterocycles. The number of hydrogen-bond acceptors (Lipinski definition) is 3. The lowest BCUT2D eigenvalue weighted by molar-refractivity contribution is 0.336. The van der Waals surface area contributed by atoms with Gasteiger partial charge in [0.15, 0.2) is 0 Å². The van der Waals surface area contributed by atoms with E-state index in [-0.39, 0.29) is 23.1 Å². The summed E-state index contributed by atoms with van der Waals surface area (Å²) in [5.74, 6) is 0.136. The van der Waals surface area contributed by atoms with Crippen LogP contribution in [0.25, 0.3) is 0 Å².